The molecule has 0 bridgehead atoms. The van der Waals surface area contributed by atoms with Gasteiger partial charge in [-0.25, -0.2) is 0 Å². The molecule has 0 spiro atoms. The molecule has 1 aliphatic heterocycles. The first kappa shape index (κ1) is 10.5. The summed E-state index contributed by atoms with van der Waals surface area (Å²) >= 11 is 0. The summed E-state index contributed by atoms with van der Waals surface area (Å²) in [5.74, 6) is 0.515. The van der Waals surface area contributed by atoms with E-state index in [0.29, 0.717) is 5.84 Å². The molecule has 4 atom stereocenters. The molecular weight excluding hydrogens is 166 g/mol. The van der Waals surface area contributed by atoms with Crippen molar-refractivity contribution in [3.05, 3.63) is 0 Å². The fourth-order valence-corrected chi connectivity index (χ4v) is 1.63. The van der Waals surface area contributed by atoms with Gasteiger partial charge in [-0.05, 0) is 19.8 Å². The molecule has 0 aromatic rings. The summed E-state index contributed by atoms with van der Waals surface area (Å²) < 4.78 is 0. The van der Waals surface area contributed by atoms with Crippen molar-refractivity contribution in [3.63, 3.8) is 0 Å². The third-order valence-electron chi connectivity index (χ3n) is 2.64. The van der Waals surface area contributed by atoms with E-state index in [4.69, 9.17) is 11.5 Å². The molecule has 0 radical (unpaired) electrons. The Bertz CT molecular complexity index is 203. The molecule has 13 heavy (non-hydrogen) atoms. The molecule has 4 unspecified atom stereocenters. The van der Waals surface area contributed by atoms with Gasteiger partial charge in [-0.3, -0.25) is 4.99 Å². The van der Waals surface area contributed by atoms with E-state index in [-0.39, 0.29) is 18.0 Å². The average molecular weight is 185 g/mol. The Labute approximate surface area is 79.0 Å². The predicted octanol–water partition coefficient (Wildman–Crippen LogP) is -0.150. The summed E-state index contributed by atoms with van der Waals surface area (Å²) in [6.07, 6.45) is 1.29. The van der Waals surface area contributed by atoms with Crippen LogP contribution in [0.2, 0.25) is 0 Å². The molecule has 1 rings (SSSR count). The van der Waals surface area contributed by atoms with Gasteiger partial charge in [-0.1, -0.05) is 6.92 Å². The maximum Gasteiger partial charge on any atom is 0.123 e. The molecule has 76 valence electrons. The summed E-state index contributed by atoms with van der Waals surface area (Å²) in [6, 6.07) is 0.349. The topological polar surface area (TPSA) is 84.6 Å². The van der Waals surface area contributed by atoms with Gasteiger partial charge < -0.3 is 16.6 Å². The van der Waals surface area contributed by atoms with E-state index in [0.717, 1.165) is 12.8 Å². The molecule has 0 aromatic heterocycles. The zero-order chi connectivity index (χ0) is 10.0. The lowest BCUT2D eigenvalue weighted by Gasteiger charge is -2.16. The third-order valence-corrected chi connectivity index (χ3v) is 2.64. The quantitative estimate of drug-likeness (QED) is 0.571. The van der Waals surface area contributed by atoms with Crippen LogP contribution < -0.4 is 11.5 Å². The largest absolute Gasteiger partial charge is 0.385 e. The van der Waals surface area contributed by atoms with E-state index in [2.05, 4.69) is 4.99 Å². The van der Waals surface area contributed by atoms with E-state index in [9.17, 15) is 5.11 Å². The van der Waals surface area contributed by atoms with E-state index >= 15 is 0 Å². The first-order chi connectivity index (χ1) is 6.02. The van der Waals surface area contributed by atoms with Crippen molar-refractivity contribution >= 4 is 5.84 Å². The molecule has 0 aromatic carbocycles. The Morgan fingerprint density at radius 1 is 1.62 bits per heavy atom. The summed E-state index contributed by atoms with van der Waals surface area (Å²) in [5.41, 5.74) is 11.2. The molecule has 0 aliphatic carbocycles. The van der Waals surface area contributed by atoms with Crippen LogP contribution in [0.25, 0.3) is 0 Å². The summed E-state index contributed by atoms with van der Waals surface area (Å²) in [6.45, 7) is 3.95. The van der Waals surface area contributed by atoms with Crippen molar-refractivity contribution in [2.24, 2.45) is 22.4 Å². The molecule has 0 saturated carbocycles. The highest BCUT2D eigenvalue weighted by Gasteiger charge is 2.32. The lowest BCUT2D eigenvalue weighted by molar-refractivity contribution is 0.175. The van der Waals surface area contributed by atoms with Crippen LogP contribution in [0.5, 0.6) is 0 Å². The first-order valence-corrected chi connectivity index (χ1v) is 4.79. The highest BCUT2D eigenvalue weighted by atomic mass is 16.3. The Balaban J connectivity index is 2.44. The van der Waals surface area contributed by atoms with Crippen molar-refractivity contribution < 1.29 is 5.11 Å². The monoisotopic (exact) mass is 185 g/mol. The van der Waals surface area contributed by atoms with Crippen LogP contribution in [0, 0.1) is 5.92 Å². The lowest BCUT2D eigenvalue weighted by Crippen LogP contribution is -2.31. The molecule has 1 aliphatic rings. The Morgan fingerprint density at radius 3 is 2.62 bits per heavy atom. The number of nitrogens with two attached hydrogens (primary N) is 2. The number of amidine groups is 1. The van der Waals surface area contributed by atoms with Gasteiger partial charge in [-0.15, -0.1) is 0 Å². The second kappa shape index (κ2) is 4.07. The maximum absolute atomic E-state index is 9.51. The number of aliphatic hydroxyl groups is 1. The molecule has 4 heteroatoms. The molecule has 1 heterocycles. The molecule has 4 nitrogen and oxygen atoms in total. The molecule has 0 fully saturated rings. The van der Waals surface area contributed by atoms with Crippen molar-refractivity contribution in [2.45, 2.75) is 44.9 Å². The number of rotatable bonds is 3. The van der Waals surface area contributed by atoms with Crippen molar-refractivity contribution in [1.82, 2.24) is 0 Å². The second-order valence-corrected chi connectivity index (χ2v) is 3.98. The number of aliphatic imine (C=N–C) groups is 1. The van der Waals surface area contributed by atoms with Gasteiger partial charge >= 0.3 is 0 Å². The third kappa shape index (κ3) is 2.42. The predicted molar refractivity (Wildman–Crippen MR) is 53.5 cm³/mol. The fourth-order valence-electron chi connectivity index (χ4n) is 1.63. The second-order valence-electron chi connectivity index (χ2n) is 3.98. The normalized spacial score (nSPS) is 36.0. The molecule has 0 amide bonds. The molecular formula is C9H19N3O. The van der Waals surface area contributed by atoms with Crippen molar-refractivity contribution in [2.75, 3.05) is 0 Å². The van der Waals surface area contributed by atoms with E-state index in [1.165, 1.54) is 0 Å². The summed E-state index contributed by atoms with van der Waals surface area (Å²) in [7, 11) is 0. The van der Waals surface area contributed by atoms with Crippen molar-refractivity contribution in [1.29, 1.82) is 0 Å². The summed E-state index contributed by atoms with van der Waals surface area (Å²) in [4.78, 5) is 4.21. The maximum atomic E-state index is 9.51. The van der Waals surface area contributed by atoms with Crippen LogP contribution in [0.4, 0.5) is 0 Å². The number of aliphatic hydroxyl groups excluding tert-OH is 1. The van der Waals surface area contributed by atoms with Crippen LogP contribution in [0.15, 0.2) is 4.99 Å². The van der Waals surface area contributed by atoms with E-state index in [1.54, 1.807) is 0 Å². The van der Waals surface area contributed by atoms with E-state index in [1.807, 2.05) is 13.8 Å². The van der Waals surface area contributed by atoms with Gasteiger partial charge in [0.2, 0.25) is 0 Å². The van der Waals surface area contributed by atoms with Crippen LogP contribution in [0.1, 0.15) is 26.7 Å². The minimum Gasteiger partial charge on any atom is -0.385 e. The number of hydrogen-bond acceptors (Lipinski definition) is 4. The Kier molecular flexibility index (Phi) is 3.27. The smallest absolute Gasteiger partial charge is 0.123 e. The average Bonchev–Trinajstić information content (AvgIpc) is 2.29. The number of nitrogens with zero attached hydrogens (tertiary/aromatic N) is 1. The van der Waals surface area contributed by atoms with Gasteiger partial charge in [0.05, 0.1) is 6.04 Å². The Hall–Kier alpha value is -0.610. The zero-order valence-corrected chi connectivity index (χ0v) is 8.27. The Morgan fingerprint density at radius 2 is 2.23 bits per heavy atom. The van der Waals surface area contributed by atoms with Gasteiger partial charge in [-0.2, -0.15) is 0 Å². The minimum atomic E-state index is -0.557. The van der Waals surface area contributed by atoms with E-state index < -0.39 is 6.10 Å². The van der Waals surface area contributed by atoms with Crippen LogP contribution in [-0.4, -0.2) is 29.1 Å². The van der Waals surface area contributed by atoms with Gasteiger partial charge in [0.1, 0.15) is 11.9 Å². The fraction of sp³-hybridized carbons (Fsp3) is 0.889. The van der Waals surface area contributed by atoms with Gasteiger partial charge in [0, 0.05) is 12.0 Å². The van der Waals surface area contributed by atoms with Crippen LogP contribution in [-0.2, 0) is 0 Å². The lowest BCUT2D eigenvalue weighted by atomic mass is 9.94. The van der Waals surface area contributed by atoms with Crippen molar-refractivity contribution in [3.8, 4) is 0 Å². The van der Waals surface area contributed by atoms with Gasteiger partial charge in [0.25, 0.3) is 0 Å². The molecule has 5 N–H and O–H groups in total. The summed E-state index contributed by atoms with van der Waals surface area (Å²) in [5, 5.41) is 9.51. The highest BCUT2D eigenvalue weighted by molar-refractivity contribution is 5.86. The first-order valence-electron chi connectivity index (χ1n) is 4.79. The SMILES string of the molecule is CC(N)CCC1N=C(N)C(O)C1C. The molecule has 0 saturated heterocycles. The minimum absolute atomic E-state index is 0.138. The standard InChI is InChI=1S/C9H19N3O/c1-5(10)3-4-7-6(2)8(13)9(11)12-7/h5-8,13H,3-4,10H2,1-2H3,(H2,11,12). The van der Waals surface area contributed by atoms with Gasteiger partial charge in [0.15, 0.2) is 0 Å². The number of hydrogen-bond donors (Lipinski definition) is 3. The van der Waals surface area contributed by atoms with Crippen LogP contribution >= 0.6 is 0 Å². The highest BCUT2D eigenvalue weighted by Crippen LogP contribution is 2.23. The van der Waals surface area contributed by atoms with Crippen LogP contribution in [0.3, 0.4) is 0 Å². The zero-order valence-electron chi connectivity index (χ0n) is 8.27.